The molecule has 7 heteroatoms. The summed E-state index contributed by atoms with van der Waals surface area (Å²) in [5, 5.41) is 13.3. The highest BCUT2D eigenvalue weighted by molar-refractivity contribution is 5.83. The summed E-state index contributed by atoms with van der Waals surface area (Å²) in [6.07, 6.45) is 2.47. The summed E-state index contributed by atoms with van der Waals surface area (Å²) >= 11 is 0. The Bertz CT molecular complexity index is 731. The van der Waals surface area contributed by atoms with Gasteiger partial charge in [-0.2, -0.15) is 0 Å². The van der Waals surface area contributed by atoms with Crippen molar-refractivity contribution in [2.45, 2.75) is 31.9 Å². The lowest BCUT2D eigenvalue weighted by atomic mass is 10.1. The van der Waals surface area contributed by atoms with Crippen LogP contribution in [0.1, 0.15) is 18.9 Å². The van der Waals surface area contributed by atoms with Crippen LogP contribution in [0.5, 0.6) is 0 Å². The van der Waals surface area contributed by atoms with Crippen LogP contribution in [-0.4, -0.2) is 59.5 Å². The third-order valence-corrected chi connectivity index (χ3v) is 4.50. The van der Waals surface area contributed by atoms with Gasteiger partial charge in [0, 0.05) is 30.2 Å². The van der Waals surface area contributed by atoms with Crippen LogP contribution >= 0.6 is 0 Å². The van der Waals surface area contributed by atoms with Gasteiger partial charge < -0.3 is 25.0 Å². The van der Waals surface area contributed by atoms with Gasteiger partial charge in [-0.05, 0) is 43.5 Å². The molecule has 25 heavy (non-hydrogen) atoms. The number of aromatic nitrogens is 1. The van der Waals surface area contributed by atoms with Crippen LogP contribution in [0.15, 0.2) is 24.4 Å². The Morgan fingerprint density at radius 3 is 3.20 bits per heavy atom. The zero-order valence-corrected chi connectivity index (χ0v) is 14.3. The second kappa shape index (κ2) is 7.84. The zero-order chi connectivity index (χ0) is 17.8. The number of carbonyl (C=O) groups excluding carboxylic acids is 1. The van der Waals surface area contributed by atoms with E-state index in [0.29, 0.717) is 39.1 Å². The standard InChI is InChI=1S/C18H24FN3O3/c1-12(23)8-15-11-25-7-6-22(15)18(24)20-5-4-13-10-21-17-3-2-14(19)9-16(13)17/h2-3,9-10,12,15,21,23H,4-8,11H2,1H3,(H,20,24)/t12-,15-/m0/s1. The van der Waals surface area contributed by atoms with Crippen LogP contribution in [0.2, 0.25) is 0 Å². The molecular formula is C18H24FN3O3. The molecule has 1 aliphatic rings. The average Bonchev–Trinajstić information content (AvgIpc) is 2.97. The normalized spacial score (nSPS) is 19.2. The molecule has 1 aliphatic heterocycles. The van der Waals surface area contributed by atoms with Gasteiger partial charge in [0.1, 0.15) is 5.82 Å². The fourth-order valence-electron chi connectivity index (χ4n) is 3.27. The molecule has 0 unspecified atom stereocenters. The van der Waals surface area contributed by atoms with E-state index in [0.717, 1.165) is 16.5 Å². The van der Waals surface area contributed by atoms with Crippen LogP contribution in [0, 0.1) is 5.82 Å². The second-order valence-electron chi connectivity index (χ2n) is 6.49. The number of urea groups is 1. The Balaban J connectivity index is 1.57. The Labute approximate surface area is 146 Å². The Kier molecular flexibility index (Phi) is 5.55. The first-order valence-corrected chi connectivity index (χ1v) is 8.60. The first-order valence-electron chi connectivity index (χ1n) is 8.60. The third kappa shape index (κ3) is 4.29. The summed E-state index contributed by atoms with van der Waals surface area (Å²) in [5.41, 5.74) is 1.85. The van der Waals surface area contributed by atoms with E-state index in [1.54, 1.807) is 17.9 Å². The number of morpholine rings is 1. The van der Waals surface area contributed by atoms with E-state index >= 15 is 0 Å². The van der Waals surface area contributed by atoms with Crippen molar-refractivity contribution in [2.75, 3.05) is 26.3 Å². The van der Waals surface area contributed by atoms with Crippen LogP contribution in [-0.2, 0) is 11.2 Å². The minimum atomic E-state index is -0.483. The molecule has 0 bridgehead atoms. The van der Waals surface area contributed by atoms with Gasteiger partial charge in [-0.25, -0.2) is 9.18 Å². The van der Waals surface area contributed by atoms with E-state index in [9.17, 15) is 14.3 Å². The van der Waals surface area contributed by atoms with Crippen molar-refractivity contribution in [3.05, 3.63) is 35.8 Å². The highest BCUT2D eigenvalue weighted by Gasteiger charge is 2.28. The number of benzene rings is 1. The largest absolute Gasteiger partial charge is 0.393 e. The highest BCUT2D eigenvalue weighted by Crippen LogP contribution is 2.19. The minimum Gasteiger partial charge on any atom is -0.393 e. The summed E-state index contributed by atoms with van der Waals surface area (Å²) in [7, 11) is 0. The molecule has 3 N–H and O–H groups in total. The molecule has 3 rings (SSSR count). The molecule has 0 saturated carbocycles. The summed E-state index contributed by atoms with van der Waals surface area (Å²) in [6.45, 7) is 3.63. The van der Waals surface area contributed by atoms with Crippen LogP contribution in [0.25, 0.3) is 10.9 Å². The fraction of sp³-hybridized carbons (Fsp3) is 0.500. The van der Waals surface area contributed by atoms with Gasteiger partial charge in [0.15, 0.2) is 0 Å². The molecule has 1 saturated heterocycles. The van der Waals surface area contributed by atoms with Crippen molar-refractivity contribution >= 4 is 16.9 Å². The topological polar surface area (TPSA) is 77.6 Å². The van der Waals surface area contributed by atoms with E-state index in [-0.39, 0.29) is 17.9 Å². The molecule has 2 heterocycles. The number of aliphatic hydroxyl groups excluding tert-OH is 1. The van der Waals surface area contributed by atoms with Gasteiger partial charge >= 0.3 is 6.03 Å². The summed E-state index contributed by atoms with van der Waals surface area (Å²) in [5.74, 6) is -0.272. The monoisotopic (exact) mass is 349 g/mol. The maximum atomic E-state index is 13.4. The molecule has 136 valence electrons. The summed E-state index contributed by atoms with van der Waals surface area (Å²) in [6, 6.07) is 4.37. The van der Waals surface area contributed by atoms with E-state index < -0.39 is 6.10 Å². The van der Waals surface area contributed by atoms with Crippen LogP contribution in [0.3, 0.4) is 0 Å². The number of H-pyrrole nitrogens is 1. The lowest BCUT2D eigenvalue weighted by molar-refractivity contribution is -0.00425. The van der Waals surface area contributed by atoms with Crippen molar-refractivity contribution in [3.63, 3.8) is 0 Å². The number of hydrogen-bond acceptors (Lipinski definition) is 3. The number of rotatable bonds is 5. The Hall–Kier alpha value is -2.12. The first-order chi connectivity index (χ1) is 12.0. The van der Waals surface area contributed by atoms with Gasteiger partial charge in [0.2, 0.25) is 0 Å². The van der Waals surface area contributed by atoms with E-state index in [1.165, 1.54) is 12.1 Å². The van der Waals surface area contributed by atoms with Crippen LogP contribution in [0.4, 0.5) is 9.18 Å². The average molecular weight is 349 g/mol. The van der Waals surface area contributed by atoms with E-state index in [2.05, 4.69) is 10.3 Å². The fourth-order valence-corrected chi connectivity index (χ4v) is 3.27. The quantitative estimate of drug-likeness (QED) is 0.773. The van der Waals surface area contributed by atoms with Crippen molar-refractivity contribution in [2.24, 2.45) is 0 Å². The third-order valence-electron chi connectivity index (χ3n) is 4.50. The maximum Gasteiger partial charge on any atom is 0.317 e. The predicted octanol–water partition coefficient (Wildman–Crippen LogP) is 2.03. The number of fused-ring (bicyclic) bond motifs is 1. The molecule has 2 aromatic rings. The number of carbonyl (C=O) groups is 1. The lowest BCUT2D eigenvalue weighted by Crippen LogP contribution is -2.53. The zero-order valence-electron chi connectivity index (χ0n) is 14.3. The van der Waals surface area contributed by atoms with E-state index in [4.69, 9.17) is 4.74 Å². The van der Waals surface area contributed by atoms with Gasteiger partial charge in [-0.1, -0.05) is 0 Å². The van der Waals surface area contributed by atoms with Crippen molar-refractivity contribution in [1.29, 1.82) is 0 Å². The highest BCUT2D eigenvalue weighted by atomic mass is 19.1. The number of hydrogen-bond donors (Lipinski definition) is 3. The number of nitrogens with one attached hydrogen (secondary N) is 2. The molecule has 1 aromatic heterocycles. The number of halogens is 1. The minimum absolute atomic E-state index is 0.115. The molecule has 0 spiro atoms. The molecule has 1 aromatic carbocycles. The maximum absolute atomic E-state index is 13.4. The molecular weight excluding hydrogens is 325 g/mol. The summed E-state index contributed by atoms with van der Waals surface area (Å²) < 4.78 is 18.8. The molecule has 2 amide bonds. The van der Waals surface area contributed by atoms with Gasteiger partial charge in [-0.3, -0.25) is 0 Å². The smallest absolute Gasteiger partial charge is 0.317 e. The SMILES string of the molecule is C[C@H](O)C[C@H]1COCCN1C(=O)NCCc1c[nH]c2ccc(F)cc12. The van der Waals surface area contributed by atoms with Crippen molar-refractivity contribution in [1.82, 2.24) is 15.2 Å². The molecule has 0 aliphatic carbocycles. The number of ether oxygens (including phenoxy) is 1. The second-order valence-corrected chi connectivity index (χ2v) is 6.49. The number of aliphatic hydroxyl groups is 1. The van der Waals surface area contributed by atoms with Gasteiger partial charge in [0.05, 0.1) is 25.4 Å². The Morgan fingerprint density at radius 1 is 1.56 bits per heavy atom. The molecule has 0 radical (unpaired) electrons. The number of amides is 2. The molecule has 6 nitrogen and oxygen atoms in total. The Morgan fingerprint density at radius 2 is 2.40 bits per heavy atom. The van der Waals surface area contributed by atoms with Crippen molar-refractivity contribution in [3.8, 4) is 0 Å². The molecule has 2 atom stereocenters. The first kappa shape index (κ1) is 17.7. The summed E-state index contributed by atoms with van der Waals surface area (Å²) in [4.78, 5) is 17.3. The molecule has 1 fully saturated rings. The number of aromatic amines is 1. The van der Waals surface area contributed by atoms with E-state index in [1.807, 2.05) is 6.20 Å². The van der Waals surface area contributed by atoms with Crippen molar-refractivity contribution < 1.29 is 19.0 Å². The lowest BCUT2D eigenvalue weighted by Gasteiger charge is -2.36. The van der Waals surface area contributed by atoms with Gasteiger partial charge in [-0.15, -0.1) is 0 Å². The van der Waals surface area contributed by atoms with Gasteiger partial charge in [0.25, 0.3) is 0 Å². The van der Waals surface area contributed by atoms with Crippen LogP contribution < -0.4 is 5.32 Å². The predicted molar refractivity (Wildman–Crippen MR) is 93.0 cm³/mol. The number of nitrogens with zero attached hydrogens (tertiary/aromatic N) is 1.